The van der Waals surface area contributed by atoms with Gasteiger partial charge in [0.1, 0.15) is 5.69 Å². The molecule has 1 saturated heterocycles. The van der Waals surface area contributed by atoms with Gasteiger partial charge in [0.15, 0.2) is 0 Å². The summed E-state index contributed by atoms with van der Waals surface area (Å²) >= 11 is 3.35. The van der Waals surface area contributed by atoms with E-state index in [0.717, 1.165) is 23.9 Å². The number of carbonyl (C=O) groups is 1. The molecule has 1 fully saturated rings. The minimum atomic E-state index is -0.0128. The summed E-state index contributed by atoms with van der Waals surface area (Å²) in [5, 5.41) is 9.20. The van der Waals surface area contributed by atoms with Crippen LogP contribution >= 0.6 is 15.9 Å². The summed E-state index contributed by atoms with van der Waals surface area (Å²) in [4.78, 5) is 14.0. The first-order chi connectivity index (χ1) is 7.63. The highest BCUT2D eigenvalue weighted by molar-refractivity contribution is 9.10. The molecule has 4 nitrogen and oxygen atoms in total. The van der Waals surface area contributed by atoms with E-state index in [2.05, 4.69) is 15.9 Å². The van der Waals surface area contributed by atoms with E-state index in [1.165, 1.54) is 0 Å². The van der Waals surface area contributed by atoms with Gasteiger partial charge < -0.3 is 14.6 Å². The van der Waals surface area contributed by atoms with Gasteiger partial charge >= 0.3 is 0 Å². The van der Waals surface area contributed by atoms with E-state index in [1.54, 1.807) is 9.47 Å². The van der Waals surface area contributed by atoms with Gasteiger partial charge in [0.05, 0.1) is 12.6 Å². The second-order valence-corrected chi connectivity index (χ2v) is 5.05. The minimum Gasteiger partial charge on any atom is -0.394 e. The zero-order valence-corrected chi connectivity index (χ0v) is 10.8. The number of aromatic nitrogens is 1. The van der Waals surface area contributed by atoms with Gasteiger partial charge in [-0.1, -0.05) is 0 Å². The number of hydrogen-bond acceptors (Lipinski definition) is 2. The number of amides is 1. The van der Waals surface area contributed by atoms with E-state index in [1.807, 2.05) is 19.3 Å². The fourth-order valence-electron chi connectivity index (χ4n) is 2.18. The smallest absolute Gasteiger partial charge is 0.270 e. The van der Waals surface area contributed by atoms with E-state index in [4.69, 9.17) is 0 Å². The zero-order chi connectivity index (χ0) is 11.7. The van der Waals surface area contributed by atoms with Gasteiger partial charge in [-0.25, -0.2) is 0 Å². The summed E-state index contributed by atoms with van der Waals surface area (Å²) in [7, 11) is 1.85. The lowest BCUT2D eigenvalue weighted by Crippen LogP contribution is -2.38. The fraction of sp³-hybridized carbons (Fsp3) is 0.545. The Labute approximate surface area is 103 Å². The number of halogens is 1. The average molecular weight is 287 g/mol. The molecule has 1 aliphatic rings. The van der Waals surface area contributed by atoms with E-state index in [-0.39, 0.29) is 18.6 Å². The Kier molecular flexibility index (Phi) is 3.35. The molecule has 2 heterocycles. The topological polar surface area (TPSA) is 45.5 Å². The second-order valence-electron chi connectivity index (χ2n) is 4.13. The first kappa shape index (κ1) is 11.7. The molecule has 16 heavy (non-hydrogen) atoms. The first-order valence-electron chi connectivity index (χ1n) is 5.37. The number of hydrogen-bond donors (Lipinski definition) is 1. The first-order valence-corrected chi connectivity index (χ1v) is 6.16. The molecule has 1 aliphatic heterocycles. The number of likely N-dealkylation sites (tertiary alicyclic amines) is 1. The molecule has 88 valence electrons. The van der Waals surface area contributed by atoms with E-state index < -0.39 is 0 Å². The molecule has 0 radical (unpaired) electrons. The van der Waals surface area contributed by atoms with Crippen molar-refractivity contribution < 1.29 is 9.90 Å². The van der Waals surface area contributed by atoms with Crippen LogP contribution in [0.4, 0.5) is 0 Å². The van der Waals surface area contributed by atoms with Crippen LogP contribution in [0.5, 0.6) is 0 Å². The lowest BCUT2D eigenvalue weighted by atomic mass is 10.2. The third-order valence-corrected chi connectivity index (χ3v) is 3.47. The second kappa shape index (κ2) is 4.59. The SMILES string of the molecule is Cn1cc(Br)cc1C(=O)N1CCC[C@H]1CO. The largest absolute Gasteiger partial charge is 0.394 e. The summed E-state index contributed by atoms with van der Waals surface area (Å²) in [6.45, 7) is 0.796. The normalized spacial score (nSPS) is 20.4. The number of carbonyl (C=O) groups excluding carboxylic acids is 1. The molecule has 0 bridgehead atoms. The van der Waals surface area contributed by atoms with Crippen LogP contribution in [0.2, 0.25) is 0 Å². The summed E-state index contributed by atoms with van der Waals surface area (Å²) in [6.07, 6.45) is 3.73. The van der Waals surface area contributed by atoms with E-state index >= 15 is 0 Å². The average Bonchev–Trinajstić information content (AvgIpc) is 2.83. The molecule has 0 aromatic carbocycles. The Morgan fingerprint density at radius 1 is 1.69 bits per heavy atom. The van der Waals surface area contributed by atoms with Gasteiger partial charge in [-0.05, 0) is 34.8 Å². The third-order valence-electron chi connectivity index (χ3n) is 3.04. The maximum atomic E-state index is 12.2. The number of rotatable bonds is 2. The summed E-state index contributed by atoms with van der Waals surface area (Å²) in [6, 6.07) is 1.80. The zero-order valence-electron chi connectivity index (χ0n) is 9.19. The molecule has 1 aromatic heterocycles. The molecule has 0 aliphatic carbocycles. The van der Waals surface area contributed by atoms with Gasteiger partial charge in [-0.2, -0.15) is 0 Å². The minimum absolute atomic E-state index is 0.00440. The summed E-state index contributed by atoms with van der Waals surface area (Å²) in [5.74, 6) is 0.00440. The molecular weight excluding hydrogens is 272 g/mol. The van der Waals surface area contributed by atoms with Crippen molar-refractivity contribution in [2.75, 3.05) is 13.2 Å². The predicted octanol–water partition coefficient (Wildman–Crippen LogP) is 1.38. The van der Waals surface area contributed by atoms with Crippen molar-refractivity contribution in [3.05, 3.63) is 22.4 Å². The van der Waals surface area contributed by atoms with Crippen LogP contribution in [0.15, 0.2) is 16.7 Å². The highest BCUT2D eigenvalue weighted by Crippen LogP contribution is 2.21. The van der Waals surface area contributed by atoms with Gasteiger partial charge in [0.25, 0.3) is 5.91 Å². The van der Waals surface area contributed by atoms with Crippen LogP contribution < -0.4 is 0 Å². The van der Waals surface area contributed by atoms with Crippen molar-refractivity contribution in [3.63, 3.8) is 0 Å². The maximum absolute atomic E-state index is 12.2. The Balaban J connectivity index is 2.21. The summed E-state index contributed by atoms with van der Waals surface area (Å²) in [5.41, 5.74) is 0.659. The number of aryl methyl sites for hydroxylation is 1. The quantitative estimate of drug-likeness (QED) is 0.893. The highest BCUT2D eigenvalue weighted by atomic mass is 79.9. The van der Waals surface area contributed by atoms with Crippen molar-refractivity contribution in [1.82, 2.24) is 9.47 Å². The van der Waals surface area contributed by atoms with Gasteiger partial charge in [-0.3, -0.25) is 4.79 Å². The lowest BCUT2D eigenvalue weighted by Gasteiger charge is -2.23. The van der Waals surface area contributed by atoms with Crippen molar-refractivity contribution in [1.29, 1.82) is 0 Å². The Hall–Kier alpha value is -0.810. The molecule has 0 spiro atoms. The molecule has 1 aromatic rings. The molecule has 1 atom stereocenters. The molecule has 1 N–H and O–H groups in total. The molecule has 0 saturated carbocycles. The van der Waals surface area contributed by atoms with Gasteiger partial charge in [0, 0.05) is 24.3 Å². The van der Waals surface area contributed by atoms with Crippen molar-refractivity contribution in [2.45, 2.75) is 18.9 Å². The Morgan fingerprint density at radius 2 is 2.44 bits per heavy atom. The van der Waals surface area contributed by atoms with Crippen LogP contribution in [0.1, 0.15) is 23.3 Å². The Bertz CT molecular complexity index is 403. The van der Waals surface area contributed by atoms with Crippen molar-refractivity contribution >= 4 is 21.8 Å². The van der Waals surface area contributed by atoms with Crippen molar-refractivity contribution in [3.8, 4) is 0 Å². The van der Waals surface area contributed by atoms with E-state index in [9.17, 15) is 9.90 Å². The van der Waals surface area contributed by atoms with E-state index in [0.29, 0.717) is 5.69 Å². The van der Waals surface area contributed by atoms with Crippen LogP contribution in [-0.4, -0.2) is 39.7 Å². The maximum Gasteiger partial charge on any atom is 0.270 e. The predicted molar refractivity (Wildman–Crippen MR) is 64.3 cm³/mol. The van der Waals surface area contributed by atoms with Crippen LogP contribution in [0.3, 0.4) is 0 Å². The molecular formula is C11H15BrN2O2. The lowest BCUT2D eigenvalue weighted by molar-refractivity contribution is 0.0668. The van der Waals surface area contributed by atoms with Gasteiger partial charge in [0.2, 0.25) is 0 Å². The number of aliphatic hydroxyl groups excluding tert-OH is 1. The molecule has 0 unspecified atom stereocenters. The highest BCUT2D eigenvalue weighted by Gasteiger charge is 2.29. The van der Waals surface area contributed by atoms with Gasteiger partial charge in [-0.15, -0.1) is 0 Å². The molecule has 1 amide bonds. The number of aliphatic hydroxyl groups is 1. The van der Waals surface area contributed by atoms with Crippen LogP contribution in [-0.2, 0) is 7.05 Å². The molecule has 2 rings (SSSR count). The number of nitrogens with zero attached hydrogens (tertiary/aromatic N) is 2. The summed E-state index contributed by atoms with van der Waals surface area (Å²) < 4.78 is 2.71. The van der Waals surface area contributed by atoms with Crippen LogP contribution in [0.25, 0.3) is 0 Å². The Morgan fingerprint density at radius 3 is 3.00 bits per heavy atom. The van der Waals surface area contributed by atoms with Crippen molar-refractivity contribution in [2.24, 2.45) is 7.05 Å². The third kappa shape index (κ3) is 2.01. The van der Waals surface area contributed by atoms with Crippen LogP contribution in [0, 0.1) is 0 Å². The standard InChI is InChI=1S/C11H15BrN2O2/c1-13-6-8(12)5-10(13)11(16)14-4-2-3-9(14)7-15/h5-6,9,15H,2-4,7H2,1H3/t9-/m0/s1. The molecule has 5 heteroatoms. The fourth-order valence-corrected chi connectivity index (χ4v) is 2.70. The monoisotopic (exact) mass is 286 g/mol.